The lowest BCUT2D eigenvalue weighted by Crippen LogP contribution is -2.29. The van der Waals surface area contributed by atoms with E-state index in [1.807, 2.05) is 62.4 Å². The number of anilines is 2. The minimum atomic E-state index is -0.413. The lowest BCUT2D eigenvalue weighted by molar-refractivity contribution is -0.118. The molecule has 0 atom stereocenters. The zero-order valence-corrected chi connectivity index (χ0v) is 45.7. The Morgan fingerprint density at radius 2 is 1.04 bits per heavy atom. The summed E-state index contributed by atoms with van der Waals surface area (Å²) in [6.07, 6.45) is 4.72. The highest BCUT2D eigenvalue weighted by Crippen LogP contribution is 2.45. The minimum absolute atomic E-state index is 0.0679. The molecule has 10 nitrogen and oxygen atoms in total. The van der Waals surface area contributed by atoms with Gasteiger partial charge in [0.15, 0.2) is 0 Å². The molecule has 0 aromatic heterocycles. The van der Waals surface area contributed by atoms with Gasteiger partial charge in [-0.05, 0) is 145 Å². The Morgan fingerprint density at radius 3 is 1.46 bits per heavy atom. The lowest BCUT2D eigenvalue weighted by atomic mass is 9.77. The molecular weight excluding hydrogens is 873 g/mol. The van der Waals surface area contributed by atoms with E-state index < -0.39 is 5.78 Å². The van der Waals surface area contributed by atoms with Crippen LogP contribution in [0.5, 0.6) is 11.5 Å². The number of benzene rings is 3. The number of aliphatic hydroxyl groups is 1. The average molecular weight is 955 g/mol. The first-order valence-corrected chi connectivity index (χ1v) is 25.3. The molecule has 10 heteroatoms. The van der Waals surface area contributed by atoms with E-state index in [0.717, 1.165) is 69.0 Å². The van der Waals surface area contributed by atoms with Gasteiger partial charge in [0.2, 0.25) is 17.6 Å². The van der Waals surface area contributed by atoms with E-state index in [0.29, 0.717) is 48.5 Å². The SMILES string of the molecule is CCN(CC)C1=CC(=NC(=O)CCc2cc(C(C)(C)C)c(O)c(C(C)(C)C)c2)/C(=C2/C(=O)C(c3cc(C)c(N(CC)CC)cc3NC(=O)CCc3cc(C(C)(C)C)c(O)c(C(C)(C)C)c3)=C2O)C=C1C. The maximum atomic E-state index is 14.7. The van der Waals surface area contributed by atoms with E-state index in [4.69, 9.17) is 0 Å². The van der Waals surface area contributed by atoms with Crippen molar-refractivity contribution in [2.45, 2.75) is 172 Å². The second-order valence-corrected chi connectivity index (χ2v) is 23.2. The third kappa shape index (κ3) is 11.8. The van der Waals surface area contributed by atoms with Gasteiger partial charge in [-0.2, -0.15) is 0 Å². The predicted octanol–water partition coefficient (Wildman–Crippen LogP) is 12.9. The van der Waals surface area contributed by atoms with Crippen molar-refractivity contribution in [3.05, 3.63) is 121 Å². The molecule has 2 amide bonds. The van der Waals surface area contributed by atoms with Crippen LogP contribution in [0.15, 0.2) is 81.7 Å². The standard InChI is InChI=1S/C60H82N4O6/c1-19-63(20-2)47-33-45(61-49(65)25-23-37-29-41(57(7,8)9)53(67)42(30-37)58(10,11)12)39(27-35(47)5)51-55(69)52(56(51)70)40-28-36(6)48(64(21-3)22-4)34-46(40)62-50(66)26-24-38-31-43(59(13,14)15)54(68)44(32-38)60(16,17)18/h27-34,67-69H,19-26H2,1-18H3,(H,61,65)/b52-40+,62-46?. The first-order chi connectivity index (χ1) is 32.4. The highest BCUT2D eigenvalue weighted by Gasteiger charge is 2.40. The van der Waals surface area contributed by atoms with Gasteiger partial charge in [-0.15, -0.1) is 0 Å². The number of nitrogens with zero attached hydrogens (tertiary/aromatic N) is 3. The normalized spacial score (nSPS) is 16.3. The molecular formula is C60H82N4O6. The van der Waals surface area contributed by atoms with Crippen molar-refractivity contribution in [1.29, 1.82) is 0 Å². The van der Waals surface area contributed by atoms with Crippen LogP contribution in [0.2, 0.25) is 0 Å². The highest BCUT2D eigenvalue weighted by molar-refractivity contribution is 6.42. The number of hydrogen-bond acceptors (Lipinski definition) is 8. The number of phenols is 2. The summed E-state index contributed by atoms with van der Waals surface area (Å²) in [6, 6.07) is 11.7. The van der Waals surface area contributed by atoms with Crippen LogP contribution in [0.25, 0.3) is 5.57 Å². The summed E-state index contributed by atoms with van der Waals surface area (Å²) < 4.78 is 0. The molecule has 0 radical (unpaired) electrons. The molecule has 3 aromatic carbocycles. The maximum absolute atomic E-state index is 14.7. The van der Waals surface area contributed by atoms with E-state index >= 15 is 0 Å². The van der Waals surface area contributed by atoms with Crippen molar-refractivity contribution < 1.29 is 29.7 Å². The van der Waals surface area contributed by atoms with E-state index in [2.05, 4.69) is 131 Å². The topological polar surface area (TPSA) is 143 Å². The van der Waals surface area contributed by atoms with Crippen molar-refractivity contribution in [3.8, 4) is 11.5 Å². The van der Waals surface area contributed by atoms with E-state index in [1.54, 1.807) is 0 Å². The Labute approximate surface area is 419 Å². The average Bonchev–Trinajstić information content (AvgIpc) is 3.24. The number of aliphatic imine (C=N–C) groups is 1. The molecule has 378 valence electrons. The van der Waals surface area contributed by atoms with Gasteiger partial charge in [0.05, 0.1) is 22.5 Å². The molecule has 0 unspecified atom stereocenters. The fourth-order valence-electron chi connectivity index (χ4n) is 9.57. The number of Topliss-reactive ketones (excluding diaryl/α,β-unsaturated/α-hetero) is 1. The number of likely N-dealkylation sites (N-methyl/N-ethyl adjacent to an activating group) is 1. The Morgan fingerprint density at radius 1 is 0.600 bits per heavy atom. The van der Waals surface area contributed by atoms with Crippen LogP contribution in [0.1, 0.15) is 175 Å². The van der Waals surface area contributed by atoms with Crippen LogP contribution in [0, 0.1) is 6.92 Å². The molecule has 0 saturated heterocycles. The van der Waals surface area contributed by atoms with E-state index in [9.17, 15) is 29.7 Å². The number of ketones is 1. The van der Waals surface area contributed by atoms with Crippen LogP contribution in [0.3, 0.4) is 0 Å². The number of carbonyl (C=O) groups excluding carboxylic acids is 3. The number of amides is 2. The van der Waals surface area contributed by atoms with Crippen LogP contribution in [-0.2, 0) is 48.9 Å². The fourth-order valence-corrected chi connectivity index (χ4v) is 9.57. The number of rotatable bonds is 14. The van der Waals surface area contributed by atoms with Gasteiger partial charge < -0.3 is 30.4 Å². The number of phenolic OH excluding ortho intramolecular Hbond substituents is 2. The molecule has 0 aliphatic heterocycles. The summed E-state index contributed by atoms with van der Waals surface area (Å²) in [5.74, 6) is -0.706. The Kier molecular flexibility index (Phi) is 16.4. The zero-order valence-electron chi connectivity index (χ0n) is 45.7. The molecule has 2 aliphatic carbocycles. The third-order valence-electron chi connectivity index (χ3n) is 13.7. The summed E-state index contributed by atoms with van der Waals surface area (Å²) in [6.45, 7) is 39.8. The number of nitrogens with one attached hydrogen (secondary N) is 1. The molecule has 70 heavy (non-hydrogen) atoms. The number of aryl methyl sites for hydroxylation is 3. The summed E-state index contributed by atoms with van der Waals surface area (Å²) in [7, 11) is 0. The van der Waals surface area contributed by atoms with Gasteiger partial charge in [-0.25, -0.2) is 4.99 Å². The highest BCUT2D eigenvalue weighted by atomic mass is 16.3. The van der Waals surface area contributed by atoms with Crippen LogP contribution in [0.4, 0.5) is 11.4 Å². The van der Waals surface area contributed by atoms with Crippen LogP contribution in [-0.4, -0.2) is 69.7 Å². The second kappa shape index (κ2) is 20.8. The number of aliphatic hydroxyl groups excluding tert-OH is 1. The van der Waals surface area contributed by atoms with Crippen molar-refractivity contribution in [1.82, 2.24) is 4.90 Å². The molecule has 0 saturated carbocycles. The Balaban J connectivity index is 1.58. The molecule has 0 fully saturated rings. The molecule has 4 N–H and O–H groups in total. The van der Waals surface area contributed by atoms with Gasteiger partial charge in [0, 0.05) is 61.5 Å². The predicted molar refractivity (Wildman–Crippen MR) is 290 cm³/mol. The fraction of sp³-hybridized carbons (Fsp3) is 0.500. The van der Waals surface area contributed by atoms with Gasteiger partial charge in [-0.3, -0.25) is 14.4 Å². The van der Waals surface area contributed by atoms with Gasteiger partial charge in [-0.1, -0.05) is 107 Å². The summed E-state index contributed by atoms with van der Waals surface area (Å²) in [5.41, 5.74) is 9.03. The van der Waals surface area contributed by atoms with Gasteiger partial charge >= 0.3 is 0 Å². The number of allylic oxidation sites excluding steroid dienone is 6. The minimum Gasteiger partial charge on any atom is -0.507 e. The van der Waals surface area contributed by atoms with Crippen molar-refractivity contribution >= 4 is 40.3 Å². The molecule has 0 heterocycles. The number of hydrogen-bond donors (Lipinski definition) is 4. The van der Waals surface area contributed by atoms with Gasteiger partial charge in [0.25, 0.3) is 0 Å². The Bertz CT molecular complexity index is 2640. The number of carbonyl (C=O) groups is 3. The quantitative estimate of drug-likeness (QED) is 0.117. The van der Waals surface area contributed by atoms with Crippen molar-refractivity contribution in [2.75, 3.05) is 36.4 Å². The first kappa shape index (κ1) is 55.0. The van der Waals surface area contributed by atoms with Gasteiger partial charge in [0.1, 0.15) is 17.3 Å². The lowest BCUT2D eigenvalue weighted by Gasteiger charge is -2.31. The zero-order chi connectivity index (χ0) is 52.6. The summed E-state index contributed by atoms with van der Waals surface area (Å²) >= 11 is 0. The molecule has 5 rings (SSSR count). The molecule has 2 aliphatic rings. The smallest absolute Gasteiger partial charge is 0.246 e. The van der Waals surface area contributed by atoms with E-state index in [-0.39, 0.29) is 74.7 Å². The van der Waals surface area contributed by atoms with Crippen LogP contribution >= 0.6 is 0 Å². The number of aromatic hydroxyl groups is 2. The monoisotopic (exact) mass is 955 g/mol. The summed E-state index contributed by atoms with van der Waals surface area (Å²) in [5, 5.41) is 37.9. The molecule has 0 bridgehead atoms. The maximum Gasteiger partial charge on any atom is 0.246 e. The Hall–Kier alpha value is -5.90. The van der Waals surface area contributed by atoms with E-state index in [1.165, 1.54) is 0 Å². The molecule has 0 spiro atoms. The molecule has 3 aromatic rings. The summed E-state index contributed by atoms with van der Waals surface area (Å²) in [4.78, 5) is 51.8. The largest absolute Gasteiger partial charge is 0.507 e. The van der Waals surface area contributed by atoms with Crippen LogP contribution < -0.4 is 10.2 Å². The third-order valence-corrected chi connectivity index (χ3v) is 13.7. The second-order valence-electron chi connectivity index (χ2n) is 23.2. The first-order valence-electron chi connectivity index (χ1n) is 25.3. The van der Waals surface area contributed by atoms with Crippen molar-refractivity contribution in [2.24, 2.45) is 4.99 Å². The van der Waals surface area contributed by atoms with Crippen molar-refractivity contribution in [3.63, 3.8) is 0 Å².